The SMILES string of the molecule is COc1ccccc1-c1ccc(/C=C(\NC(=O)c2ccccc2)C(=O)Nc2ccc(S[C@@H](C)C(=O)Nc3cccc4ccccc34)cc2)o1. The van der Waals surface area contributed by atoms with Gasteiger partial charge in [-0.15, -0.1) is 11.8 Å². The Balaban J connectivity index is 1.15. The first-order valence-electron chi connectivity index (χ1n) is 15.6. The second kappa shape index (κ2) is 15.2. The molecule has 0 radical (unpaired) electrons. The number of furan rings is 1. The van der Waals surface area contributed by atoms with E-state index in [1.165, 1.54) is 17.8 Å². The van der Waals surface area contributed by atoms with Gasteiger partial charge in [0.25, 0.3) is 11.8 Å². The predicted molar refractivity (Wildman–Crippen MR) is 196 cm³/mol. The van der Waals surface area contributed by atoms with Gasteiger partial charge in [-0.05, 0) is 79.0 Å². The van der Waals surface area contributed by atoms with Crippen LogP contribution in [-0.2, 0) is 9.59 Å². The van der Waals surface area contributed by atoms with Crippen LogP contribution in [0.15, 0.2) is 148 Å². The molecule has 0 saturated carbocycles. The molecule has 0 aliphatic heterocycles. The van der Waals surface area contributed by atoms with E-state index in [0.29, 0.717) is 28.5 Å². The van der Waals surface area contributed by atoms with Gasteiger partial charge >= 0.3 is 0 Å². The first-order valence-corrected chi connectivity index (χ1v) is 16.4. The van der Waals surface area contributed by atoms with Crippen molar-refractivity contribution in [1.82, 2.24) is 5.32 Å². The maximum atomic E-state index is 13.6. The van der Waals surface area contributed by atoms with E-state index in [4.69, 9.17) is 9.15 Å². The van der Waals surface area contributed by atoms with Gasteiger partial charge in [-0.2, -0.15) is 0 Å². The zero-order valence-electron chi connectivity index (χ0n) is 26.8. The van der Waals surface area contributed by atoms with Gasteiger partial charge < -0.3 is 25.1 Å². The zero-order valence-corrected chi connectivity index (χ0v) is 27.6. The Morgan fingerprint density at radius 1 is 0.755 bits per heavy atom. The lowest BCUT2D eigenvalue weighted by Crippen LogP contribution is -2.30. The van der Waals surface area contributed by atoms with Gasteiger partial charge in [0.1, 0.15) is 23.0 Å². The summed E-state index contributed by atoms with van der Waals surface area (Å²) in [5.74, 6) is 0.454. The predicted octanol–water partition coefficient (Wildman–Crippen LogP) is 8.64. The number of ether oxygens (including phenoxy) is 1. The van der Waals surface area contributed by atoms with Crippen molar-refractivity contribution in [1.29, 1.82) is 0 Å². The summed E-state index contributed by atoms with van der Waals surface area (Å²) < 4.78 is 11.5. The van der Waals surface area contributed by atoms with Gasteiger partial charge in [-0.3, -0.25) is 14.4 Å². The summed E-state index contributed by atoms with van der Waals surface area (Å²) in [6.07, 6.45) is 1.48. The molecule has 0 saturated heterocycles. The van der Waals surface area contributed by atoms with Crippen LogP contribution in [0.3, 0.4) is 0 Å². The second-order valence-corrected chi connectivity index (χ2v) is 12.4. The van der Waals surface area contributed by atoms with Gasteiger partial charge in [0.05, 0.1) is 17.9 Å². The minimum atomic E-state index is -0.539. The molecule has 0 aliphatic carbocycles. The van der Waals surface area contributed by atoms with Crippen LogP contribution in [0, 0.1) is 0 Å². The minimum Gasteiger partial charge on any atom is -0.496 e. The van der Waals surface area contributed by atoms with Crippen molar-refractivity contribution >= 4 is 57.7 Å². The number of hydrogen-bond donors (Lipinski definition) is 3. The van der Waals surface area contributed by atoms with E-state index in [1.54, 1.807) is 55.6 Å². The summed E-state index contributed by atoms with van der Waals surface area (Å²) in [6, 6.07) is 40.5. The topological polar surface area (TPSA) is 110 Å². The Hall–Kier alpha value is -6.06. The van der Waals surface area contributed by atoms with Crippen molar-refractivity contribution in [2.45, 2.75) is 17.1 Å². The second-order valence-electron chi connectivity index (χ2n) is 11.0. The molecule has 5 aromatic carbocycles. The van der Waals surface area contributed by atoms with Crippen molar-refractivity contribution in [2.24, 2.45) is 0 Å². The van der Waals surface area contributed by atoms with Crippen LogP contribution in [0.25, 0.3) is 28.2 Å². The van der Waals surface area contributed by atoms with Gasteiger partial charge in [0.2, 0.25) is 5.91 Å². The van der Waals surface area contributed by atoms with Crippen LogP contribution in [0.5, 0.6) is 5.75 Å². The number of amides is 3. The summed E-state index contributed by atoms with van der Waals surface area (Å²) in [4.78, 5) is 40.6. The molecule has 49 heavy (non-hydrogen) atoms. The number of hydrogen-bond acceptors (Lipinski definition) is 6. The largest absolute Gasteiger partial charge is 0.496 e. The quantitative estimate of drug-likeness (QED) is 0.0943. The van der Waals surface area contributed by atoms with E-state index in [1.807, 2.05) is 91.9 Å². The fourth-order valence-corrected chi connectivity index (χ4v) is 6.02. The number of methoxy groups -OCH3 is 1. The van der Waals surface area contributed by atoms with E-state index >= 15 is 0 Å². The molecule has 6 aromatic rings. The monoisotopic (exact) mass is 667 g/mol. The van der Waals surface area contributed by atoms with Crippen molar-refractivity contribution < 1.29 is 23.5 Å². The first kappa shape index (κ1) is 32.9. The Kier molecular flexibility index (Phi) is 10.2. The minimum absolute atomic E-state index is 0.00744. The maximum absolute atomic E-state index is 13.6. The van der Waals surface area contributed by atoms with Crippen LogP contribution in [0.4, 0.5) is 11.4 Å². The highest BCUT2D eigenvalue weighted by atomic mass is 32.2. The summed E-state index contributed by atoms with van der Waals surface area (Å²) >= 11 is 1.41. The molecule has 0 bridgehead atoms. The van der Waals surface area contributed by atoms with Crippen LogP contribution in [-0.4, -0.2) is 30.1 Å². The average Bonchev–Trinajstić information content (AvgIpc) is 3.61. The lowest BCUT2D eigenvalue weighted by molar-refractivity contribution is -0.115. The third kappa shape index (κ3) is 8.09. The first-order chi connectivity index (χ1) is 23.9. The van der Waals surface area contributed by atoms with Crippen LogP contribution < -0.4 is 20.7 Å². The molecular formula is C40H33N3O5S. The Labute approximate surface area is 288 Å². The fourth-order valence-electron chi connectivity index (χ4n) is 5.15. The maximum Gasteiger partial charge on any atom is 0.272 e. The van der Waals surface area contributed by atoms with Gasteiger partial charge in [0.15, 0.2) is 0 Å². The van der Waals surface area contributed by atoms with Gasteiger partial charge in [-0.25, -0.2) is 0 Å². The standard InChI is InChI=1S/C40H33N3O5S/c1-26(38(44)42-34-17-10-14-27-11-6-7-15-32(27)34)49-31-22-19-29(20-23-31)41-40(46)35(43-39(45)28-12-4-3-5-13-28)25-30-21-24-37(48-30)33-16-8-9-18-36(33)47-2/h3-26H,1-2H3,(H,41,46)(H,42,44)(H,43,45)/b35-25-/t26-/m0/s1. The lowest BCUT2D eigenvalue weighted by atomic mass is 10.1. The number of rotatable bonds is 11. The van der Waals surface area contributed by atoms with E-state index < -0.39 is 11.8 Å². The van der Waals surface area contributed by atoms with E-state index in [0.717, 1.165) is 26.9 Å². The molecule has 0 fully saturated rings. The zero-order chi connectivity index (χ0) is 34.2. The highest BCUT2D eigenvalue weighted by Gasteiger charge is 2.18. The normalized spacial score (nSPS) is 11.8. The smallest absolute Gasteiger partial charge is 0.272 e. The molecule has 0 spiro atoms. The number of para-hydroxylation sites is 1. The number of nitrogens with one attached hydrogen (secondary N) is 3. The van der Waals surface area contributed by atoms with Crippen molar-refractivity contribution in [3.63, 3.8) is 0 Å². The van der Waals surface area contributed by atoms with Crippen molar-refractivity contribution in [3.8, 4) is 17.1 Å². The van der Waals surface area contributed by atoms with E-state index in [9.17, 15) is 14.4 Å². The van der Waals surface area contributed by atoms with Crippen molar-refractivity contribution in [2.75, 3.05) is 17.7 Å². The summed E-state index contributed by atoms with van der Waals surface area (Å²) in [5.41, 5.74) is 2.42. The Morgan fingerprint density at radius 3 is 2.27 bits per heavy atom. The molecule has 1 aromatic heterocycles. The molecule has 0 unspecified atom stereocenters. The highest BCUT2D eigenvalue weighted by molar-refractivity contribution is 8.00. The van der Waals surface area contributed by atoms with E-state index in [-0.39, 0.29) is 16.9 Å². The number of carbonyl (C=O) groups is 3. The van der Waals surface area contributed by atoms with Gasteiger partial charge in [0, 0.05) is 33.3 Å². The summed E-state index contributed by atoms with van der Waals surface area (Å²) in [5, 5.41) is 10.3. The Morgan fingerprint density at radius 2 is 1.47 bits per heavy atom. The molecule has 1 heterocycles. The number of benzene rings is 5. The molecule has 9 heteroatoms. The Bertz CT molecular complexity index is 2140. The van der Waals surface area contributed by atoms with E-state index in [2.05, 4.69) is 16.0 Å². The van der Waals surface area contributed by atoms with Crippen LogP contribution in [0.2, 0.25) is 0 Å². The number of thioether (sulfide) groups is 1. The average molecular weight is 668 g/mol. The molecule has 3 amide bonds. The molecule has 8 nitrogen and oxygen atoms in total. The molecule has 0 aliphatic rings. The molecule has 6 rings (SSSR count). The highest BCUT2D eigenvalue weighted by Crippen LogP contribution is 2.32. The molecule has 3 N–H and O–H groups in total. The van der Waals surface area contributed by atoms with Crippen molar-refractivity contribution in [3.05, 3.63) is 150 Å². The van der Waals surface area contributed by atoms with Gasteiger partial charge in [-0.1, -0.05) is 66.7 Å². The summed E-state index contributed by atoms with van der Waals surface area (Å²) in [7, 11) is 1.58. The molecular weight excluding hydrogens is 635 g/mol. The number of anilines is 2. The number of fused-ring (bicyclic) bond motifs is 1. The molecule has 244 valence electrons. The third-order valence-electron chi connectivity index (χ3n) is 7.66. The lowest BCUT2D eigenvalue weighted by Gasteiger charge is -2.14. The summed E-state index contributed by atoms with van der Waals surface area (Å²) in [6.45, 7) is 1.85. The van der Waals surface area contributed by atoms with Crippen LogP contribution >= 0.6 is 11.8 Å². The fraction of sp³-hybridized carbons (Fsp3) is 0.0750. The molecule has 1 atom stereocenters. The number of carbonyl (C=O) groups excluding carboxylic acids is 3. The van der Waals surface area contributed by atoms with Crippen LogP contribution in [0.1, 0.15) is 23.0 Å². The third-order valence-corrected chi connectivity index (χ3v) is 8.77.